The van der Waals surface area contributed by atoms with Crippen molar-refractivity contribution in [2.45, 2.75) is 57.8 Å². The minimum atomic E-state index is -0.524. The number of carbonyl (C=O) groups excluding carboxylic acids is 1. The van der Waals surface area contributed by atoms with Crippen LogP contribution >= 0.6 is 0 Å². The molecule has 1 saturated heterocycles. The number of carbonyl (C=O) groups is 1. The highest BCUT2D eigenvalue weighted by Crippen LogP contribution is 2.23. The van der Waals surface area contributed by atoms with Crippen LogP contribution in [0.4, 0.5) is 0 Å². The van der Waals surface area contributed by atoms with E-state index in [4.69, 9.17) is 24.5 Å². The molecule has 0 bridgehead atoms. The zero-order chi connectivity index (χ0) is 18.4. The Morgan fingerprint density at radius 1 is 1.24 bits per heavy atom. The average molecular weight is 349 g/mol. The molecule has 0 radical (unpaired) electrons. The van der Waals surface area contributed by atoms with Crippen molar-refractivity contribution in [1.29, 1.82) is 0 Å². The Morgan fingerprint density at radius 2 is 1.88 bits per heavy atom. The normalized spacial score (nSPS) is 21.1. The zero-order valence-electron chi connectivity index (χ0n) is 15.5. The molecule has 2 atom stereocenters. The van der Waals surface area contributed by atoms with E-state index in [0.29, 0.717) is 13.0 Å². The second-order valence-corrected chi connectivity index (χ2v) is 7.22. The van der Waals surface area contributed by atoms with Crippen molar-refractivity contribution >= 4 is 18.6 Å². The third kappa shape index (κ3) is 6.34. The number of methoxy groups -OCH3 is 1. The number of hydrogen-bond acceptors (Lipinski definition) is 6. The van der Waals surface area contributed by atoms with Gasteiger partial charge < -0.3 is 24.5 Å². The lowest BCUT2D eigenvalue weighted by atomic mass is 9.76. The molecule has 1 aliphatic heterocycles. The molecule has 138 valence electrons. The van der Waals surface area contributed by atoms with Crippen LogP contribution in [-0.2, 0) is 18.8 Å². The van der Waals surface area contributed by atoms with Crippen LogP contribution in [0.25, 0.3) is 0 Å². The molecule has 1 aliphatic rings. The van der Waals surface area contributed by atoms with Crippen LogP contribution in [0.1, 0.15) is 40.0 Å². The van der Waals surface area contributed by atoms with Gasteiger partial charge in [0, 0.05) is 6.10 Å². The van der Waals surface area contributed by atoms with Crippen LogP contribution in [0, 0.1) is 0 Å². The Balaban J connectivity index is 2.05. The highest BCUT2D eigenvalue weighted by molar-refractivity contribution is 6.61. The van der Waals surface area contributed by atoms with Gasteiger partial charge in [0.1, 0.15) is 11.4 Å². The Hall–Kier alpha value is -1.57. The number of rotatable bonds is 6. The first-order chi connectivity index (χ1) is 11.8. The Kier molecular flexibility index (Phi) is 6.87. The largest absolute Gasteiger partial charge is 0.497 e. The van der Waals surface area contributed by atoms with E-state index in [1.54, 1.807) is 7.11 Å². The van der Waals surface area contributed by atoms with Crippen LogP contribution in [0.3, 0.4) is 0 Å². The average Bonchev–Trinajstić information content (AvgIpc) is 2.53. The minimum Gasteiger partial charge on any atom is -0.497 e. The quantitative estimate of drug-likeness (QED) is 0.621. The fraction of sp³-hybridized carbons (Fsp3) is 0.611. The molecule has 2 rings (SSSR count). The smallest absolute Gasteiger partial charge is 0.494 e. The summed E-state index contributed by atoms with van der Waals surface area (Å²) in [4.78, 5) is 12.1. The van der Waals surface area contributed by atoms with Gasteiger partial charge in [-0.25, -0.2) is 0 Å². The van der Waals surface area contributed by atoms with E-state index in [1.165, 1.54) is 0 Å². The van der Waals surface area contributed by atoms with E-state index in [9.17, 15) is 4.79 Å². The first kappa shape index (κ1) is 19.8. The second-order valence-electron chi connectivity index (χ2n) is 7.22. The molecule has 2 N–H and O–H groups in total. The monoisotopic (exact) mass is 349 g/mol. The summed E-state index contributed by atoms with van der Waals surface area (Å²) in [6.07, 6.45) is 1.25. The topological polar surface area (TPSA) is 80.0 Å². The maximum absolute atomic E-state index is 12.1. The summed E-state index contributed by atoms with van der Waals surface area (Å²) in [5, 5.41) is 0. The van der Waals surface area contributed by atoms with Gasteiger partial charge in [-0.1, -0.05) is 12.1 Å². The highest BCUT2D eigenvalue weighted by Gasteiger charge is 2.36. The van der Waals surface area contributed by atoms with Gasteiger partial charge in [0.05, 0.1) is 19.6 Å². The molecule has 1 heterocycles. The predicted molar refractivity (Wildman–Crippen MR) is 96.9 cm³/mol. The van der Waals surface area contributed by atoms with E-state index in [2.05, 4.69) is 0 Å². The fourth-order valence-electron chi connectivity index (χ4n) is 2.78. The lowest BCUT2D eigenvalue weighted by Gasteiger charge is -2.34. The number of benzene rings is 1. The van der Waals surface area contributed by atoms with Crippen molar-refractivity contribution in [2.24, 2.45) is 5.73 Å². The zero-order valence-corrected chi connectivity index (χ0v) is 15.5. The van der Waals surface area contributed by atoms with Gasteiger partial charge >= 0.3 is 13.1 Å². The maximum Gasteiger partial charge on any atom is 0.494 e. The first-order valence-electron chi connectivity index (χ1n) is 8.67. The lowest BCUT2D eigenvalue weighted by Crippen LogP contribution is -2.49. The van der Waals surface area contributed by atoms with Gasteiger partial charge in [-0.05, 0) is 57.8 Å². The molecule has 6 nitrogen and oxygen atoms in total. The molecule has 0 aromatic heterocycles. The summed E-state index contributed by atoms with van der Waals surface area (Å²) in [6.45, 7) is 6.09. The molecule has 25 heavy (non-hydrogen) atoms. The van der Waals surface area contributed by atoms with E-state index >= 15 is 0 Å². The predicted octanol–water partition coefficient (Wildman–Crippen LogP) is 1.65. The highest BCUT2D eigenvalue weighted by atomic mass is 16.6. The van der Waals surface area contributed by atoms with Crippen molar-refractivity contribution in [2.75, 3.05) is 13.7 Å². The summed E-state index contributed by atoms with van der Waals surface area (Å²) in [6, 6.07) is 7.52. The third-order valence-corrected chi connectivity index (χ3v) is 3.85. The van der Waals surface area contributed by atoms with E-state index in [-0.39, 0.29) is 24.6 Å². The molecule has 7 heteroatoms. The summed E-state index contributed by atoms with van der Waals surface area (Å²) in [7, 11) is 1.10. The van der Waals surface area contributed by atoms with Gasteiger partial charge in [-0.2, -0.15) is 0 Å². The summed E-state index contributed by atoms with van der Waals surface area (Å²) < 4.78 is 22.6. The van der Waals surface area contributed by atoms with Crippen LogP contribution in [0.5, 0.6) is 5.75 Å². The summed E-state index contributed by atoms with van der Waals surface area (Å²) in [5.41, 5.74) is 6.06. The molecule has 1 aromatic carbocycles. The Morgan fingerprint density at radius 3 is 2.44 bits per heavy atom. The van der Waals surface area contributed by atoms with Crippen LogP contribution in [0.15, 0.2) is 24.3 Å². The van der Waals surface area contributed by atoms with Crippen LogP contribution in [0.2, 0.25) is 0 Å². The van der Waals surface area contributed by atoms with Crippen LogP contribution in [-0.4, -0.2) is 44.6 Å². The summed E-state index contributed by atoms with van der Waals surface area (Å²) >= 11 is 0. The van der Waals surface area contributed by atoms with Crippen molar-refractivity contribution < 1.29 is 23.6 Å². The van der Waals surface area contributed by atoms with Gasteiger partial charge in [0.2, 0.25) is 0 Å². The molecule has 1 aromatic rings. The SMILES string of the molecule is COc1ccc(B2OC(CCN)CC(CC(=O)OC(C)(C)C)O2)cc1. The van der Waals surface area contributed by atoms with Gasteiger partial charge in [0.25, 0.3) is 0 Å². The molecular formula is C18H28BNO5. The molecular weight excluding hydrogens is 321 g/mol. The molecule has 1 fully saturated rings. The van der Waals surface area contributed by atoms with E-state index in [0.717, 1.165) is 17.6 Å². The molecule has 2 unspecified atom stereocenters. The van der Waals surface area contributed by atoms with Gasteiger partial charge in [0.15, 0.2) is 0 Å². The van der Waals surface area contributed by atoms with Crippen molar-refractivity contribution in [3.63, 3.8) is 0 Å². The molecule has 0 saturated carbocycles. The fourth-order valence-corrected chi connectivity index (χ4v) is 2.78. The van der Waals surface area contributed by atoms with Crippen molar-refractivity contribution in [3.05, 3.63) is 24.3 Å². The van der Waals surface area contributed by atoms with Crippen molar-refractivity contribution in [1.82, 2.24) is 0 Å². The minimum absolute atomic E-state index is 0.0433. The van der Waals surface area contributed by atoms with E-state index in [1.807, 2.05) is 45.0 Å². The van der Waals surface area contributed by atoms with E-state index < -0.39 is 12.7 Å². The Bertz CT molecular complexity index is 558. The second kappa shape index (κ2) is 8.69. The number of esters is 1. The number of ether oxygens (including phenoxy) is 2. The summed E-state index contributed by atoms with van der Waals surface area (Å²) in [5.74, 6) is 0.503. The standard InChI is InChI=1S/C18H28BNO5/c1-18(2,3)23-17(21)12-16-11-15(9-10-20)24-19(25-16)13-5-7-14(22-4)8-6-13/h5-8,15-16H,9-12,20H2,1-4H3. The third-order valence-electron chi connectivity index (χ3n) is 3.85. The van der Waals surface area contributed by atoms with Crippen LogP contribution < -0.4 is 15.9 Å². The van der Waals surface area contributed by atoms with Crippen molar-refractivity contribution in [3.8, 4) is 5.75 Å². The maximum atomic E-state index is 12.1. The molecule has 0 spiro atoms. The van der Waals surface area contributed by atoms with Gasteiger partial charge in [-0.3, -0.25) is 4.79 Å². The lowest BCUT2D eigenvalue weighted by molar-refractivity contribution is -0.157. The Labute approximate surface area is 150 Å². The van der Waals surface area contributed by atoms with Gasteiger partial charge in [-0.15, -0.1) is 0 Å². The number of hydrogen-bond donors (Lipinski definition) is 1. The number of nitrogens with two attached hydrogens (primary N) is 1. The molecule has 0 amide bonds. The molecule has 0 aliphatic carbocycles. The first-order valence-corrected chi connectivity index (χ1v) is 8.67.